The summed E-state index contributed by atoms with van der Waals surface area (Å²) in [5, 5.41) is 11.5. The minimum Gasteiger partial charge on any atom is -0.315 e. The molecule has 5 heteroatoms. The number of hydrogen-bond donors (Lipinski definition) is 1. The number of hydrogen-bond acceptors (Lipinski definition) is 3. The van der Waals surface area contributed by atoms with Crippen molar-refractivity contribution in [1.29, 1.82) is 0 Å². The molecule has 0 saturated carbocycles. The standard InChI is InChI=1S/C6H9ClN4/c7-6-10-9-5-1-2-8-3-4-11(5)6/h8H,1-4H2. The summed E-state index contributed by atoms with van der Waals surface area (Å²) in [6, 6.07) is 0. The van der Waals surface area contributed by atoms with Crippen LogP contribution in [-0.2, 0) is 13.0 Å². The van der Waals surface area contributed by atoms with Crippen LogP contribution in [0.3, 0.4) is 0 Å². The van der Waals surface area contributed by atoms with Crippen molar-refractivity contribution in [3.05, 3.63) is 11.1 Å². The predicted molar refractivity (Wildman–Crippen MR) is 41.6 cm³/mol. The normalized spacial score (nSPS) is 17.5. The molecule has 0 aromatic carbocycles. The van der Waals surface area contributed by atoms with Crippen LogP contribution in [0.1, 0.15) is 5.82 Å². The van der Waals surface area contributed by atoms with E-state index in [4.69, 9.17) is 11.6 Å². The van der Waals surface area contributed by atoms with Crippen LogP contribution in [-0.4, -0.2) is 27.9 Å². The summed E-state index contributed by atoms with van der Waals surface area (Å²) >= 11 is 5.79. The SMILES string of the molecule is Clc1nnc2n1CCNCC2. The van der Waals surface area contributed by atoms with Gasteiger partial charge in [0, 0.05) is 26.1 Å². The minimum absolute atomic E-state index is 0.503. The molecule has 2 rings (SSSR count). The van der Waals surface area contributed by atoms with Crippen molar-refractivity contribution in [2.75, 3.05) is 13.1 Å². The first-order chi connectivity index (χ1) is 5.38. The number of halogens is 1. The maximum Gasteiger partial charge on any atom is 0.225 e. The minimum atomic E-state index is 0.503. The quantitative estimate of drug-likeness (QED) is 0.603. The van der Waals surface area contributed by atoms with E-state index in [0.29, 0.717) is 5.28 Å². The average molecular weight is 173 g/mol. The van der Waals surface area contributed by atoms with Gasteiger partial charge in [-0.05, 0) is 11.6 Å². The second kappa shape index (κ2) is 2.79. The number of rotatable bonds is 0. The van der Waals surface area contributed by atoms with Crippen LogP contribution in [0.2, 0.25) is 5.28 Å². The maximum absolute atomic E-state index is 5.79. The van der Waals surface area contributed by atoms with Crippen LogP contribution in [0.15, 0.2) is 0 Å². The van der Waals surface area contributed by atoms with E-state index in [1.54, 1.807) is 0 Å². The molecule has 0 aliphatic carbocycles. The molecule has 0 saturated heterocycles. The van der Waals surface area contributed by atoms with Gasteiger partial charge in [-0.25, -0.2) is 0 Å². The third-order valence-electron chi connectivity index (χ3n) is 1.82. The monoisotopic (exact) mass is 172 g/mol. The fourth-order valence-electron chi connectivity index (χ4n) is 1.24. The van der Waals surface area contributed by atoms with E-state index < -0.39 is 0 Å². The Morgan fingerprint density at radius 2 is 2.27 bits per heavy atom. The lowest BCUT2D eigenvalue weighted by Gasteiger charge is -1.99. The Hall–Kier alpha value is -0.610. The fraction of sp³-hybridized carbons (Fsp3) is 0.667. The first-order valence-corrected chi connectivity index (χ1v) is 4.04. The van der Waals surface area contributed by atoms with Gasteiger partial charge in [0.05, 0.1) is 0 Å². The number of nitrogens with one attached hydrogen (secondary N) is 1. The van der Waals surface area contributed by atoms with Gasteiger partial charge in [-0.3, -0.25) is 0 Å². The summed E-state index contributed by atoms with van der Waals surface area (Å²) in [7, 11) is 0. The van der Waals surface area contributed by atoms with Crippen LogP contribution in [0.4, 0.5) is 0 Å². The third kappa shape index (κ3) is 1.23. The summed E-state index contributed by atoms with van der Waals surface area (Å²) < 4.78 is 1.95. The molecular formula is C6H9ClN4. The van der Waals surface area contributed by atoms with Gasteiger partial charge < -0.3 is 9.88 Å². The molecule has 2 heterocycles. The van der Waals surface area contributed by atoms with Gasteiger partial charge in [-0.15, -0.1) is 10.2 Å². The van der Waals surface area contributed by atoms with Crippen LogP contribution in [0.5, 0.6) is 0 Å². The summed E-state index contributed by atoms with van der Waals surface area (Å²) in [6.45, 7) is 2.79. The molecule has 0 spiro atoms. The second-order valence-electron chi connectivity index (χ2n) is 2.54. The summed E-state index contributed by atoms with van der Waals surface area (Å²) in [5.41, 5.74) is 0. The van der Waals surface area contributed by atoms with Gasteiger partial charge in [0.25, 0.3) is 0 Å². The Balaban J connectivity index is 2.35. The predicted octanol–water partition coefficient (Wildman–Crippen LogP) is 0.0772. The van der Waals surface area contributed by atoms with E-state index in [-0.39, 0.29) is 0 Å². The lowest BCUT2D eigenvalue weighted by atomic mass is 10.4. The molecule has 1 aliphatic heterocycles. The summed E-state index contributed by atoms with van der Waals surface area (Å²) in [5.74, 6) is 0.986. The van der Waals surface area contributed by atoms with E-state index in [1.807, 2.05) is 4.57 Å². The fourth-order valence-corrected chi connectivity index (χ4v) is 1.46. The van der Waals surface area contributed by atoms with Gasteiger partial charge in [0.15, 0.2) is 0 Å². The van der Waals surface area contributed by atoms with Crippen LogP contribution < -0.4 is 5.32 Å². The molecule has 0 fully saturated rings. The largest absolute Gasteiger partial charge is 0.315 e. The highest BCUT2D eigenvalue weighted by atomic mass is 35.5. The second-order valence-corrected chi connectivity index (χ2v) is 2.87. The smallest absolute Gasteiger partial charge is 0.225 e. The highest BCUT2D eigenvalue weighted by molar-refractivity contribution is 6.28. The van der Waals surface area contributed by atoms with Crippen LogP contribution in [0, 0.1) is 0 Å². The molecule has 1 aromatic heterocycles. The van der Waals surface area contributed by atoms with Gasteiger partial charge >= 0.3 is 0 Å². The molecule has 0 bridgehead atoms. The highest BCUT2D eigenvalue weighted by Gasteiger charge is 2.11. The van der Waals surface area contributed by atoms with E-state index in [2.05, 4.69) is 15.5 Å². The van der Waals surface area contributed by atoms with Crippen molar-refractivity contribution in [2.24, 2.45) is 0 Å². The molecule has 11 heavy (non-hydrogen) atoms. The van der Waals surface area contributed by atoms with E-state index in [9.17, 15) is 0 Å². The summed E-state index contributed by atoms with van der Waals surface area (Å²) in [4.78, 5) is 0. The zero-order valence-electron chi connectivity index (χ0n) is 6.05. The van der Waals surface area contributed by atoms with Gasteiger partial charge in [-0.2, -0.15) is 0 Å². The Bertz CT molecular complexity index is 257. The Kier molecular flexibility index (Phi) is 1.79. The topological polar surface area (TPSA) is 42.7 Å². The van der Waals surface area contributed by atoms with E-state index in [1.165, 1.54) is 0 Å². The molecular weight excluding hydrogens is 164 g/mol. The Morgan fingerprint density at radius 1 is 1.36 bits per heavy atom. The zero-order chi connectivity index (χ0) is 7.68. The lowest BCUT2D eigenvalue weighted by Crippen LogP contribution is -2.17. The lowest BCUT2D eigenvalue weighted by molar-refractivity contribution is 0.643. The van der Waals surface area contributed by atoms with Crippen molar-refractivity contribution >= 4 is 11.6 Å². The molecule has 1 N–H and O–H groups in total. The van der Waals surface area contributed by atoms with Crippen molar-refractivity contribution < 1.29 is 0 Å². The highest BCUT2D eigenvalue weighted by Crippen LogP contribution is 2.09. The van der Waals surface area contributed by atoms with Crippen molar-refractivity contribution in [2.45, 2.75) is 13.0 Å². The number of aromatic nitrogens is 3. The average Bonchev–Trinajstić information content (AvgIpc) is 2.25. The van der Waals surface area contributed by atoms with Crippen molar-refractivity contribution in [1.82, 2.24) is 20.1 Å². The van der Waals surface area contributed by atoms with Gasteiger partial charge in [0.1, 0.15) is 5.82 Å². The van der Waals surface area contributed by atoms with Crippen molar-refractivity contribution in [3.63, 3.8) is 0 Å². The summed E-state index contributed by atoms with van der Waals surface area (Å²) in [6.07, 6.45) is 0.916. The van der Waals surface area contributed by atoms with Crippen LogP contribution >= 0.6 is 11.6 Å². The third-order valence-corrected chi connectivity index (χ3v) is 2.10. The molecule has 1 aromatic rings. The van der Waals surface area contributed by atoms with E-state index in [0.717, 1.165) is 31.9 Å². The molecule has 4 nitrogen and oxygen atoms in total. The molecule has 0 radical (unpaired) electrons. The van der Waals surface area contributed by atoms with Gasteiger partial charge in [-0.1, -0.05) is 0 Å². The Labute approximate surface area is 69.6 Å². The maximum atomic E-state index is 5.79. The molecule has 60 valence electrons. The first kappa shape index (κ1) is 7.06. The molecule has 0 atom stereocenters. The first-order valence-electron chi connectivity index (χ1n) is 3.66. The molecule has 0 unspecified atom stereocenters. The van der Waals surface area contributed by atoms with Crippen molar-refractivity contribution in [3.8, 4) is 0 Å². The molecule has 0 amide bonds. The van der Waals surface area contributed by atoms with E-state index >= 15 is 0 Å². The number of nitrogens with zero attached hydrogens (tertiary/aromatic N) is 3. The Morgan fingerprint density at radius 3 is 3.18 bits per heavy atom. The van der Waals surface area contributed by atoms with Gasteiger partial charge in [0.2, 0.25) is 5.28 Å². The number of fused-ring (bicyclic) bond motifs is 1. The zero-order valence-corrected chi connectivity index (χ0v) is 6.80. The van der Waals surface area contributed by atoms with Crippen LogP contribution in [0.25, 0.3) is 0 Å². The molecule has 1 aliphatic rings.